The molecule has 0 heterocycles. The van der Waals surface area contributed by atoms with Crippen LogP contribution in [0.3, 0.4) is 0 Å². The minimum absolute atomic E-state index is 0.140. The number of hydrogen-bond donors (Lipinski definition) is 0. The van der Waals surface area contributed by atoms with Crippen molar-refractivity contribution in [3.63, 3.8) is 0 Å². The molecule has 0 aromatic rings. The van der Waals surface area contributed by atoms with Crippen LogP contribution in [0.25, 0.3) is 0 Å². The molecular formula is C7H10O4. The number of hydrogen-bond acceptors (Lipinski definition) is 4. The zero-order valence-corrected chi connectivity index (χ0v) is 6.12. The summed E-state index contributed by atoms with van der Waals surface area (Å²) in [6, 6.07) is 0. The fraction of sp³-hybridized carbons (Fsp3) is 0.286. The van der Waals surface area contributed by atoms with Gasteiger partial charge in [-0.15, -0.1) is 6.58 Å². The van der Waals surface area contributed by atoms with E-state index in [2.05, 4.69) is 22.6 Å². The van der Waals surface area contributed by atoms with Crippen LogP contribution in [0.4, 0.5) is 4.79 Å². The van der Waals surface area contributed by atoms with E-state index in [4.69, 9.17) is 4.74 Å². The van der Waals surface area contributed by atoms with Crippen molar-refractivity contribution in [3.05, 3.63) is 25.5 Å². The quantitative estimate of drug-likeness (QED) is 0.200. The van der Waals surface area contributed by atoms with Crippen LogP contribution >= 0.6 is 0 Å². The number of ether oxygens (including phenoxy) is 3. The fourth-order valence-electron chi connectivity index (χ4n) is 0.323. The van der Waals surface area contributed by atoms with Gasteiger partial charge in [0.2, 0.25) is 0 Å². The molecule has 0 rings (SSSR count). The molecule has 0 atom stereocenters. The van der Waals surface area contributed by atoms with Crippen molar-refractivity contribution in [1.29, 1.82) is 0 Å². The van der Waals surface area contributed by atoms with Crippen molar-refractivity contribution >= 4 is 6.16 Å². The van der Waals surface area contributed by atoms with Gasteiger partial charge >= 0.3 is 6.16 Å². The summed E-state index contributed by atoms with van der Waals surface area (Å²) in [5, 5.41) is 0. The largest absolute Gasteiger partial charge is 0.515 e. The standard InChI is InChI=1S/C7H10O4/c1-3-5-9-6-11-7(8)10-4-2/h3-4H,1-2,5-6H2. The first-order chi connectivity index (χ1) is 5.31. The third-order valence-electron chi connectivity index (χ3n) is 0.675. The average Bonchev–Trinajstić information content (AvgIpc) is 1.99. The van der Waals surface area contributed by atoms with Gasteiger partial charge in [0, 0.05) is 0 Å². The van der Waals surface area contributed by atoms with Crippen LogP contribution < -0.4 is 0 Å². The van der Waals surface area contributed by atoms with Gasteiger partial charge in [-0.3, -0.25) is 0 Å². The van der Waals surface area contributed by atoms with E-state index < -0.39 is 6.16 Å². The van der Waals surface area contributed by atoms with Gasteiger partial charge in [0.05, 0.1) is 12.9 Å². The molecule has 0 aliphatic rings. The Kier molecular flexibility index (Phi) is 6.02. The SMILES string of the molecule is C=CCOCOC(=O)OC=C. The van der Waals surface area contributed by atoms with E-state index >= 15 is 0 Å². The predicted octanol–water partition coefficient (Wildman–Crippen LogP) is 1.44. The smallest absolute Gasteiger partial charge is 0.407 e. The highest BCUT2D eigenvalue weighted by atomic mass is 16.8. The van der Waals surface area contributed by atoms with Crippen LogP contribution in [0.15, 0.2) is 25.5 Å². The summed E-state index contributed by atoms with van der Waals surface area (Å²) >= 11 is 0. The molecule has 0 saturated heterocycles. The molecule has 62 valence electrons. The second-order valence-electron chi connectivity index (χ2n) is 1.46. The van der Waals surface area contributed by atoms with Gasteiger partial charge in [0.15, 0.2) is 6.79 Å². The van der Waals surface area contributed by atoms with E-state index in [9.17, 15) is 4.79 Å². The Morgan fingerprint density at radius 3 is 2.73 bits per heavy atom. The van der Waals surface area contributed by atoms with Crippen molar-refractivity contribution in [1.82, 2.24) is 0 Å². The predicted molar refractivity (Wildman–Crippen MR) is 38.8 cm³/mol. The van der Waals surface area contributed by atoms with E-state index in [1.54, 1.807) is 6.08 Å². The number of carbonyl (C=O) groups is 1. The number of rotatable bonds is 5. The molecule has 0 N–H and O–H groups in total. The maximum Gasteiger partial charge on any atom is 0.515 e. The topological polar surface area (TPSA) is 44.8 Å². The molecule has 0 spiro atoms. The van der Waals surface area contributed by atoms with E-state index in [-0.39, 0.29) is 6.79 Å². The Labute approximate surface area is 65.1 Å². The normalized spacial score (nSPS) is 8.36. The molecule has 0 aliphatic carbocycles. The molecule has 4 nitrogen and oxygen atoms in total. The first-order valence-electron chi connectivity index (χ1n) is 2.94. The van der Waals surface area contributed by atoms with Crippen molar-refractivity contribution in [2.24, 2.45) is 0 Å². The van der Waals surface area contributed by atoms with Gasteiger partial charge in [-0.05, 0) is 0 Å². The molecule has 0 radical (unpaired) electrons. The third kappa shape index (κ3) is 6.60. The second kappa shape index (κ2) is 6.82. The monoisotopic (exact) mass is 158 g/mol. The van der Waals surface area contributed by atoms with E-state index in [1.165, 1.54) is 0 Å². The summed E-state index contributed by atoms with van der Waals surface area (Å²) in [5.74, 6) is 0. The third-order valence-corrected chi connectivity index (χ3v) is 0.675. The fourth-order valence-corrected chi connectivity index (χ4v) is 0.323. The van der Waals surface area contributed by atoms with Crippen molar-refractivity contribution in [2.75, 3.05) is 13.4 Å². The lowest BCUT2D eigenvalue weighted by Crippen LogP contribution is -2.07. The van der Waals surface area contributed by atoms with E-state index in [1.807, 2.05) is 0 Å². The molecule has 0 aromatic carbocycles. The Balaban J connectivity index is 3.16. The molecule has 0 bridgehead atoms. The maximum absolute atomic E-state index is 10.4. The van der Waals surface area contributed by atoms with Crippen LogP contribution in [0.1, 0.15) is 0 Å². The van der Waals surface area contributed by atoms with Crippen molar-refractivity contribution in [2.45, 2.75) is 0 Å². The molecule has 0 aliphatic heterocycles. The molecule has 0 unspecified atom stereocenters. The second-order valence-corrected chi connectivity index (χ2v) is 1.46. The molecular weight excluding hydrogens is 148 g/mol. The van der Waals surface area contributed by atoms with Gasteiger partial charge < -0.3 is 14.2 Å². The molecule has 4 heteroatoms. The first kappa shape index (κ1) is 9.71. The minimum Gasteiger partial charge on any atom is -0.407 e. The highest BCUT2D eigenvalue weighted by molar-refractivity contribution is 5.60. The molecule has 11 heavy (non-hydrogen) atoms. The van der Waals surface area contributed by atoms with Crippen LogP contribution in [-0.2, 0) is 14.2 Å². The molecule has 0 amide bonds. The summed E-state index contributed by atoms with van der Waals surface area (Å²) in [6.45, 7) is 6.76. The molecule has 0 fully saturated rings. The van der Waals surface area contributed by atoms with Crippen LogP contribution in [-0.4, -0.2) is 19.6 Å². The minimum atomic E-state index is -0.830. The molecule has 0 saturated carbocycles. The maximum atomic E-state index is 10.4. The Hall–Kier alpha value is -1.29. The lowest BCUT2D eigenvalue weighted by Gasteiger charge is -2.01. The van der Waals surface area contributed by atoms with Crippen molar-refractivity contribution in [3.8, 4) is 0 Å². The van der Waals surface area contributed by atoms with E-state index in [0.717, 1.165) is 6.26 Å². The highest BCUT2D eigenvalue weighted by Gasteiger charge is 1.98. The summed E-state index contributed by atoms with van der Waals surface area (Å²) in [6.07, 6.45) is 1.70. The van der Waals surface area contributed by atoms with Gasteiger partial charge in [-0.2, -0.15) is 0 Å². The summed E-state index contributed by atoms with van der Waals surface area (Å²) in [4.78, 5) is 10.4. The van der Waals surface area contributed by atoms with E-state index in [0.29, 0.717) is 6.61 Å². The summed E-state index contributed by atoms with van der Waals surface area (Å²) in [5.41, 5.74) is 0. The lowest BCUT2D eigenvalue weighted by atomic mass is 10.7. The van der Waals surface area contributed by atoms with Gasteiger partial charge in [0.25, 0.3) is 0 Å². The Morgan fingerprint density at radius 1 is 1.45 bits per heavy atom. The summed E-state index contributed by atoms with van der Waals surface area (Å²) < 4.78 is 13.3. The van der Waals surface area contributed by atoms with Crippen LogP contribution in [0.5, 0.6) is 0 Å². The zero-order chi connectivity index (χ0) is 8.53. The zero-order valence-electron chi connectivity index (χ0n) is 6.12. The number of carbonyl (C=O) groups excluding carboxylic acids is 1. The Bertz CT molecular complexity index is 141. The average molecular weight is 158 g/mol. The Morgan fingerprint density at radius 2 is 2.18 bits per heavy atom. The van der Waals surface area contributed by atoms with Crippen LogP contribution in [0.2, 0.25) is 0 Å². The van der Waals surface area contributed by atoms with Crippen LogP contribution in [0, 0.1) is 0 Å². The van der Waals surface area contributed by atoms with Gasteiger partial charge in [-0.25, -0.2) is 4.79 Å². The van der Waals surface area contributed by atoms with Crippen molar-refractivity contribution < 1.29 is 19.0 Å². The van der Waals surface area contributed by atoms with Gasteiger partial charge in [0.1, 0.15) is 0 Å². The molecule has 0 aromatic heterocycles. The summed E-state index contributed by atoms with van der Waals surface area (Å²) in [7, 11) is 0. The highest BCUT2D eigenvalue weighted by Crippen LogP contribution is 1.85. The lowest BCUT2D eigenvalue weighted by molar-refractivity contribution is -0.0259. The van der Waals surface area contributed by atoms with Gasteiger partial charge in [-0.1, -0.05) is 12.7 Å². The first-order valence-corrected chi connectivity index (χ1v) is 2.94.